The molecule has 1 atom stereocenters. The fourth-order valence-electron chi connectivity index (χ4n) is 1.65. The van der Waals surface area contributed by atoms with Crippen LogP contribution in [0.5, 0.6) is 0 Å². The van der Waals surface area contributed by atoms with Crippen molar-refractivity contribution in [2.24, 2.45) is 0 Å². The first-order valence-electron chi connectivity index (χ1n) is 5.19. The van der Waals surface area contributed by atoms with Crippen LogP contribution >= 0.6 is 0 Å². The molecule has 1 aromatic heterocycles. The van der Waals surface area contributed by atoms with E-state index in [-0.39, 0.29) is 0 Å². The van der Waals surface area contributed by atoms with Gasteiger partial charge in [-0.3, -0.25) is 4.79 Å². The Labute approximate surface area is 93.3 Å². The van der Waals surface area contributed by atoms with Gasteiger partial charge in [0.05, 0.1) is 0 Å². The fourth-order valence-corrected chi connectivity index (χ4v) is 1.65. The molecule has 0 bridgehead atoms. The molecular formula is C12H14N2O2. The highest BCUT2D eigenvalue weighted by Crippen LogP contribution is 2.16. The molecular weight excluding hydrogens is 204 g/mol. The third kappa shape index (κ3) is 2.06. The number of para-hydroxylation sites is 1. The number of nitrogens with one attached hydrogen (secondary N) is 2. The summed E-state index contributed by atoms with van der Waals surface area (Å²) in [6.07, 6.45) is 1.88. The molecule has 16 heavy (non-hydrogen) atoms. The van der Waals surface area contributed by atoms with Gasteiger partial charge in [-0.15, -0.1) is 0 Å². The number of carboxylic acid groups (broad SMARTS) is 1. The predicted octanol–water partition coefficient (Wildman–Crippen LogP) is 1.73. The number of benzene rings is 1. The van der Waals surface area contributed by atoms with E-state index in [0.29, 0.717) is 6.54 Å². The molecule has 0 spiro atoms. The number of rotatable bonds is 4. The Balaban J connectivity index is 2.15. The monoisotopic (exact) mass is 218 g/mol. The number of fused-ring (bicyclic) bond motifs is 1. The van der Waals surface area contributed by atoms with Gasteiger partial charge in [-0.05, 0) is 23.9 Å². The van der Waals surface area contributed by atoms with Crippen LogP contribution in [-0.2, 0) is 11.3 Å². The maximum atomic E-state index is 10.7. The molecule has 0 aliphatic rings. The standard InChI is InChI=1S/C12H14N2O2/c1-8(12(15)16)14-7-10-4-2-3-9-5-6-13-11(9)10/h2-6,8,13-14H,7H2,1H3,(H,15,16). The summed E-state index contributed by atoms with van der Waals surface area (Å²) in [5.74, 6) is -0.835. The normalized spacial score (nSPS) is 12.8. The molecule has 0 aliphatic carbocycles. The van der Waals surface area contributed by atoms with Gasteiger partial charge in [-0.1, -0.05) is 18.2 Å². The maximum Gasteiger partial charge on any atom is 0.320 e. The smallest absolute Gasteiger partial charge is 0.320 e. The van der Waals surface area contributed by atoms with E-state index in [1.807, 2.05) is 30.5 Å². The molecule has 4 heteroatoms. The largest absolute Gasteiger partial charge is 0.480 e. The van der Waals surface area contributed by atoms with Gasteiger partial charge in [0.25, 0.3) is 0 Å². The molecule has 0 amide bonds. The van der Waals surface area contributed by atoms with Crippen LogP contribution in [-0.4, -0.2) is 22.1 Å². The number of aromatic nitrogens is 1. The summed E-state index contributed by atoms with van der Waals surface area (Å²) >= 11 is 0. The summed E-state index contributed by atoms with van der Waals surface area (Å²) in [7, 11) is 0. The average molecular weight is 218 g/mol. The number of hydrogen-bond donors (Lipinski definition) is 3. The van der Waals surface area contributed by atoms with Crippen LogP contribution in [0.2, 0.25) is 0 Å². The number of carbonyl (C=O) groups is 1. The van der Waals surface area contributed by atoms with Crippen molar-refractivity contribution in [1.82, 2.24) is 10.3 Å². The summed E-state index contributed by atoms with van der Waals surface area (Å²) in [4.78, 5) is 13.8. The molecule has 0 saturated carbocycles. The molecule has 3 N–H and O–H groups in total. The summed E-state index contributed by atoms with van der Waals surface area (Å²) < 4.78 is 0. The lowest BCUT2D eigenvalue weighted by Gasteiger charge is -2.09. The Kier molecular flexibility index (Phi) is 2.92. The molecule has 1 unspecified atom stereocenters. The quantitative estimate of drug-likeness (QED) is 0.732. The van der Waals surface area contributed by atoms with Gasteiger partial charge in [0.2, 0.25) is 0 Å². The second-order valence-corrected chi connectivity index (χ2v) is 3.80. The Bertz CT molecular complexity index is 504. The van der Waals surface area contributed by atoms with Gasteiger partial charge in [0.1, 0.15) is 6.04 Å². The summed E-state index contributed by atoms with van der Waals surface area (Å²) in [5, 5.41) is 12.9. The number of aromatic amines is 1. The lowest BCUT2D eigenvalue weighted by atomic mass is 10.1. The van der Waals surface area contributed by atoms with Crippen molar-refractivity contribution in [3.8, 4) is 0 Å². The van der Waals surface area contributed by atoms with Crippen molar-refractivity contribution in [2.45, 2.75) is 19.5 Å². The Morgan fingerprint density at radius 3 is 3.06 bits per heavy atom. The van der Waals surface area contributed by atoms with Crippen LogP contribution < -0.4 is 5.32 Å². The van der Waals surface area contributed by atoms with E-state index in [9.17, 15) is 4.79 Å². The number of H-pyrrole nitrogens is 1. The third-order valence-corrected chi connectivity index (χ3v) is 2.64. The molecule has 84 valence electrons. The van der Waals surface area contributed by atoms with Gasteiger partial charge < -0.3 is 15.4 Å². The minimum Gasteiger partial charge on any atom is -0.480 e. The first-order valence-corrected chi connectivity index (χ1v) is 5.19. The fraction of sp³-hybridized carbons (Fsp3) is 0.250. The van der Waals surface area contributed by atoms with Gasteiger partial charge >= 0.3 is 5.97 Å². The Morgan fingerprint density at radius 2 is 2.31 bits per heavy atom. The molecule has 4 nitrogen and oxygen atoms in total. The van der Waals surface area contributed by atoms with Crippen molar-refractivity contribution in [3.63, 3.8) is 0 Å². The van der Waals surface area contributed by atoms with Crippen LogP contribution in [0.3, 0.4) is 0 Å². The van der Waals surface area contributed by atoms with E-state index in [2.05, 4.69) is 10.3 Å². The van der Waals surface area contributed by atoms with Gasteiger partial charge in [-0.25, -0.2) is 0 Å². The molecule has 0 fully saturated rings. The lowest BCUT2D eigenvalue weighted by Crippen LogP contribution is -2.33. The number of carboxylic acids is 1. The van der Waals surface area contributed by atoms with Crippen molar-refractivity contribution >= 4 is 16.9 Å². The molecule has 2 aromatic rings. The number of aliphatic carboxylic acids is 1. The summed E-state index contributed by atoms with van der Waals surface area (Å²) in [6, 6.07) is 7.44. The van der Waals surface area contributed by atoms with Crippen LogP contribution in [0.1, 0.15) is 12.5 Å². The minimum absolute atomic E-state index is 0.537. The van der Waals surface area contributed by atoms with Crippen molar-refractivity contribution in [2.75, 3.05) is 0 Å². The van der Waals surface area contributed by atoms with E-state index in [1.165, 1.54) is 0 Å². The zero-order valence-corrected chi connectivity index (χ0v) is 9.03. The van der Waals surface area contributed by atoms with Crippen LogP contribution in [0, 0.1) is 0 Å². The Hall–Kier alpha value is -1.81. The van der Waals surface area contributed by atoms with Crippen LogP contribution in [0.15, 0.2) is 30.5 Å². The van der Waals surface area contributed by atoms with Crippen molar-refractivity contribution in [1.29, 1.82) is 0 Å². The molecule has 1 aromatic carbocycles. The SMILES string of the molecule is CC(NCc1cccc2cc[nH]c12)C(=O)O. The second kappa shape index (κ2) is 4.37. The topological polar surface area (TPSA) is 65.1 Å². The summed E-state index contributed by atoms with van der Waals surface area (Å²) in [6.45, 7) is 2.18. The highest BCUT2D eigenvalue weighted by Gasteiger charge is 2.10. The van der Waals surface area contributed by atoms with Gasteiger partial charge in [0.15, 0.2) is 0 Å². The van der Waals surface area contributed by atoms with Crippen LogP contribution in [0.4, 0.5) is 0 Å². The first kappa shape index (κ1) is 10.7. The highest BCUT2D eigenvalue weighted by atomic mass is 16.4. The van der Waals surface area contributed by atoms with E-state index in [1.54, 1.807) is 6.92 Å². The molecule has 2 rings (SSSR count). The number of hydrogen-bond acceptors (Lipinski definition) is 2. The van der Waals surface area contributed by atoms with E-state index >= 15 is 0 Å². The zero-order chi connectivity index (χ0) is 11.5. The van der Waals surface area contributed by atoms with E-state index in [4.69, 9.17) is 5.11 Å². The minimum atomic E-state index is -0.835. The predicted molar refractivity (Wildman–Crippen MR) is 62.2 cm³/mol. The van der Waals surface area contributed by atoms with Gasteiger partial charge in [-0.2, -0.15) is 0 Å². The first-order chi connectivity index (χ1) is 7.68. The molecule has 0 saturated heterocycles. The maximum absolute atomic E-state index is 10.7. The zero-order valence-electron chi connectivity index (χ0n) is 9.03. The molecule has 1 heterocycles. The lowest BCUT2D eigenvalue weighted by molar-refractivity contribution is -0.139. The van der Waals surface area contributed by atoms with E-state index in [0.717, 1.165) is 16.5 Å². The van der Waals surface area contributed by atoms with E-state index < -0.39 is 12.0 Å². The Morgan fingerprint density at radius 1 is 1.50 bits per heavy atom. The third-order valence-electron chi connectivity index (χ3n) is 2.64. The average Bonchev–Trinajstić information content (AvgIpc) is 2.73. The highest BCUT2D eigenvalue weighted by molar-refractivity contribution is 5.82. The molecule has 0 aliphatic heterocycles. The van der Waals surface area contributed by atoms with Crippen LogP contribution in [0.25, 0.3) is 10.9 Å². The summed E-state index contributed by atoms with van der Waals surface area (Å²) in [5.41, 5.74) is 2.14. The van der Waals surface area contributed by atoms with Crippen molar-refractivity contribution in [3.05, 3.63) is 36.0 Å². The van der Waals surface area contributed by atoms with Gasteiger partial charge in [0, 0.05) is 18.3 Å². The van der Waals surface area contributed by atoms with Crippen molar-refractivity contribution < 1.29 is 9.90 Å². The molecule has 0 radical (unpaired) electrons. The second-order valence-electron chi connectivity index (χ2n) is 3.80.